The Labute approximate surface area is 204 Å². The second-order valence-corrected chi connectivity index (χ2v) is 10.1. The predicted octanol–water partition coefficient (Wildman–Crippen LogP) is 5.55. The molecule has 0 N–H and O–H groups in total. The summed E-state index contributed by atoms with van der Waals surface area (Å²) in [4.78, 5) is 16.8. The van der Waals surface area contributed by atoms with E-state index in [1.807, 2.05) is 0 Å². The fourth-order valence-corrected chi connectivity index (χ4v) is 5.69. The number of fused-ring (bicyclic) bond motifs is 2. The molecule has 186 valence electrons. The lowest BCUT2D eigenvalue weighted by Gasteiger charge is -2.47. The Morgan fingerprint density at radius 3 is 2.54 bits per heavy atom. The van der Waals surface area contributed by atoms with Gasteiger partial charge in [0.1, 0.15) is 17.2 Å². The zero-order valence-corrected chi connectivity index (χ0v) is 19.3. The maximum absolute atomic E-state index is 14.2. The number of nitrogens with zero attached hydrogens (tertiary/aromatic N) is 3. The van der Waals surface area contributed by atoms with Gasteiger partial charge in [0, 0.05) is 6.42 Å². The number of likely N-dealkylation sites (tertiary alicyclic amines) is 1. The van der Waals surface area contributed by atoms with Gasteiger partial charge in [0.05, 0.1) is 31.1 Å². The van der Waals surface area contributed by atoms with Gasteiger partial charge in [0.15, 0.2) is 4.75 Å². The Morgan fingerprint density at radius 2 is 1.89 bits per heavy atom. The molecule has 0 saturated carbocycles. The third-order valence-corrected chi connectivity index (χ3v) is 7.76. The first-order valence-electron chi connectivity index (χ1n) is 10.4. The van der Waals surface area contributed by atoms with Crippen LogP contribution < -0.4 is 0 Å². The van der Waals surface area contributed by atoms with Gasteiger partial charge in [-0.05, 0) is 46.8 Å². The van der Waals surface area contributed by atoms with Gasteiger partial charge in [0.25, 0.3) is 0 Å². The normalized spacial score (nSPS) is 23.3. The van der Waals surface area contributed by atoms with Crippen LogP contribution in [0.4, 0.5) is 26.3 Å². The maximum Gasteiger partial charge on any atom is 0.410 e. The van der Waals surface area contributed by atoms with Crippen LogP contribution in [0, 0.1) is 0 Å². The number of rotatable bonds is 3. The summed E-state index contributed by atoms with van der Waals surface area (Å²) < 4.78 is 87.7. The Hall–Kier alpha value is -2.31. The van der Waals surface area contributed by atoms with Crippen molar-refractivity contribution in [2.75, 3.05) is 13.1 Å². The molecule has 1 spiro atoms. The van der Waals surface area contributed by atoms with Crippen LogP contribution in [0.5, 0.6) is 0 Å². The number of alkyl halides is 6. The summed E-state index contributed by atoms with van der Waals surface area (Å²) in [6.07, 6.45) is -11.2. The highest BCUT2D eigenvalue weighted by molar-refractivity contribution is 7.99. The molecule has 3 aliphatic heterocycles. The molecule has 1 aromatic carbocycles. The average Bonchev–Trinajstić information content (AvgIpc) is 3.34. The minimum atomic E-state index is -4.65. The van der Waals surface area contributed by atoms with Gasteiger partial charge in [-0.2, -0.15) is 26.3 Å². The summed E-state index contributed by atoms with van der Waals surface area (Å²) in [6, 6.07) is 9.05. The second kappa shape index (κ2) is 8.10. The fourth-order valence-electron chi connectivity index (χ4n) is 4.58. The lowest BCUT2D eigenvalue weighted by molar-refractivity contribution is -0.185. The number of hydrogen-bond acceptors (Lipinski definition) is 5. The Morgan fingerprint density at radius 1 is 1.14 bits per heavy atom. The van der Waals surface area contributed by atoms with E-state index in [0.29, 0.717) is 28.6 Å². The van der Waals surface area contributed by atoms with Crippen LogP contribution in [0.25, 0.3) is 0 Å². The highest BCUT2D eigenvalue weighted by Gasteiger charge is 2.61. The number of carbonyl (C=O) groups is 1. The van der Waals surface area contributed by atoms with Crippen LogP contribution >= 0.6 is 23.5 Å². The van der Waals surface area contributed by atoms with Gasteiger partial charge in [0.2, 0.25) is 5.91 Å². The van der Waals surface area contributed by atoms with Crippen molar-refractivity contribution in [1.82, 2.24) is 9.88 Å². The molecule has 3 aliphatic rings. The summed E-state index contributed by atoms with van der Waals surface area (Å²) in [5.74, 6) is -1.02. The van der Waals surface area contributed by atoms with Crippen molar-refractivity contribution in [3.05, 3.63) is 63.9 Å². The number of aromatic nitrogens is 1. The van der Waals surface area contributed by atoms with Crippen molar-refractivity contribution in [3.8, 4) is 0 Å². The summed E-state index contributed by atoms with van der Waals surface area (Å²) in [7, 11) is 0. The van der Waals surface area contributed by atoms with E-state index in [0.717, 1.165) is 4.90 Å². The molecule has 1 amide bonds. The van der Waals surface area contributed by atoms with Crippen LogP contribution in [-0.2, 0) is 26.5 Å². The predicted molar refractivity (Wildman–Crippen MR) is 116 cm³/mol. The fraction of sp³-hybridized carbons (Fsp3) is 0.409. The minimum Gasteiger partial charge on any atom is -0.362 e. The highest BCUT2D eigenvalue weighted by Crippen LogP contribution is 2.56. The molecule has 5 rings (SSSR count). The van der Waals surface area contributed by atoms with E-state index in [-0.39, 0.29) is 36.3 Å². The van der Waals surface area contributed by atoms with Crippen LogP contribution in [0.1, 0.15) is 35.2 Å². The van der Waals surface area contributed by atoms with Crippen LogP contribution in [0.3, 0.4) is 0 Å². The van der Waals surface area contributed by atoms with Gasteiger partial charge in [-0.15, -0.1) is 0 Å². The smallest absolute Gasteiger partial charge is 0.362 e. The van der Waals surface area contributed by atoms with Gasteiger partial charge < -0.3 is 9.64 Å². The van der Waals surface area contributed by atoms with E-state index in [1.54, 1.807) is 18.2 Å². The third-order valence-electron chi connectivity index (χ3n) is 6.35. The highest BCUT2D eigenvalue weighted by atomic mass is 35.5. The van der Waals surface area contributed by atoms with Gasteiger partial charge in [-0.25, -0.2) is 9.38 Å². The molecule has 1 aromatic heterocycles. The summed E-state index contributed by atoms with van der Waals surface area (Å²) in [5, 5.41) is -0.0524. The van der Waals surface area contributed by atoms with Crippen LogP contribution in [-0.4, -0.2) is 46.9 Å². The van der Waals surface area contributed by atoms with Crippen molar-refractivity contribution >= 4 is 35.2 Å². The van der Waals surface area contributed by atoms with Crippen molar-refractivity contribution < 1.29 is 35.9 Å². The summed E-state index contributed by atoms with van der Waals surface area (Å²) in [6.45, 7) is 0.108. The number of halogens is 7. The Kier molecular flexibility index (Phi) is 5.65. The number of benzene rings is 1. The number of hydrogen-bond donors (Lipinski definition) is 0. The van der Waals surface area contributed by atoms with Gasteiger partial charge in [-0.1, -0.05) is 29.8 Å². The van der Waals surface area contributed by atoms with E-state index in [9.17, 15) is 31.1 Å². The topological polar surface area (TPSA) is 54.8 Å². The molecular formula is C22H16ClF6N3O2S. The lowest BCUT2D eigenvalue weighted by atomic mass is 9.83. The lowest BCUT2D eigenvalue weighted by Crippen LogP contribution is -2.61. The standard InChI is InChI=1S/C22H16ClF6N3O2S/c23-17-3-1-2-16(30-17)20(22(27,28)29)7-15(31-35-20)12-4-5-14-13(6-12)9-34-19(14)10-32(11-19)18(33)8-21(24,25)26/h1-6H,7-11H2. The molecule has 5 nitrogen and oxygen atoms in total. The largest absolute Gasteiger partial charge is 0.410 e. The number of ether oxygens (including phenoxy) is 1. The van der Waals surface area contributed by atoms with Crippen molar-refractivity contribution in [2.45, 2.75) is 42.1 Å². The molecule has 4 heterocycles. The van der Waals surface area contributed by atoms with Crippen LogP contribution in [0.2, 0.25) is 5.15 Å². The van der Waals surface area contributed by atoms with E-state index in [2.05, 4.69) is 9.38 Å². The maximum atomic E-state index is 14.2. The minimum absolute atomic E-state index is 0.0112. The molecule has 0 radical (unpaired) electrons. The third kappa shape index (κ3) is 4.19. The van der Waals surface area contributed by atoms with Gasteiger partial charge in [-0.3, -0.25) is 4.79 Å². The SMILES string of the molecule is O=C(CC(F)(F)F)N1CC2(C1)OCc1cc(C3=NSC(c4cccc(Cl)n4)(C(F)(F)F)C3)ccc12. The first-order chi connectivity index (χ1) is 16.3. The molecule has 35 heavy (non-hydrogen) atoms. The zero-order chi connectivity index (χ0) is 25.2. The number of pyridine rings is 1. The Bertz CT molecular complexity index is 1230. The monoisotopic (exact) mass is 535 g/mol. The van der Waals surface area contributed by atoms with Gasteiger partial charge >= 0.3 is 12.4 Å². The van der Waals surface area contributed by atoms with Crippen molar-refractivity contribution in [1.29, 1.82) is 0 Å². The molecule has 2 aromatic rings. The molecule has 1 atom stereocenters. The van der Waals surface area contributed by atoms with E-state index < -0.39 is 41.4 Å². The molecule has 0 bridgehead atoms. The Balaban J connectivity index is 1.35. The van der Waals surface area contributed by atoms with E-state index >= 15 is 0 Å². The summed E-state index contributed by atoms with van der Waals surface area (Å²) >= 11 is 6.23. The van der Waals surface area contributed by atoms with Crippen molar-refractivity contribution in [2.24, 2.45) is 4.40 Å². The average molecular weight is 536 g/mol. The molecule has 1 saturated heterocycles. The summed E-state index contributed by atoms with van der Waals surface area (Å²) in [5.41, 5.74) is 0.984. The zero-order valence-electron chi connectivity index (χ0n) is 17.7. The molecular weight excluding hydrogens is 520 g/mol. The molecule has 1 unspecified atom stereocenters. The van der Waals surface area contributed by atoms with E-state index in [1.165, 1.54) is 18.2 Å². The molecule has 0 aliphatic carbocycles. The molecule has 13 heteroatoms. The first kappa shape index (κ1) is 24.4. The second-order valence-electron chi connectivity index (χ2n) is 8.67. The molecule has 1 fully saturated rings. The first-order valence-corrected chi connectivity index (χ1v) is 11.5. The number of amides is 1. The van der Waals surface area contributed by atoms with E-state index in [4.69, 9.17) is 16.3 Å². The number of carbonyl (C=O) groups excluding carboxylic acids is 1. The van der Waals surface area contributed by atoms with Crippen molar-refractivity contribution in [3.63, 3.8) is 0 Å². The van der Waals surface area contributed by atoms with Crippen LogP contribution in [0.15, 0.2) is 40.8 Å². The quantitative estimate of drug-likeness (QED) is 0.294.